The number of hydrogen-bond donors (Lipinski definition) is 2. The number of unbranched alkanes of at least 4 members (excludes halogenated alkanes) is 1. The van der Waals surface area contributed by atoms with Crippen LogP contribution < -0.4 is 0 Å². The highest BCUT2D eigenvalue weighted by Crippen LogP contribution is 1.99. The molecule has 15 heavy (non-hydrogen) atoms. The maximum Gasteiger partial charge on any atom is 0.0639 e. The van der Waals surface area contributed by atoms with Crippen molar-refractivity contribution < 1.29 is 10.2 Å². The van der Waals surface area contributed by atoms with Crippen molar-refractivity contribution in [3.8, 4) is 0 Å². The van der Waals surface area contributed by atoms with Gasteiger partial charge >= 0.3 is 0 Å². The van der Waals surface area contributed by atoms with E-state index in [2.05, 4.69) is 11.8 Å². The van der Waals surface area contributed by atoms with Gasteiger partial charge in [-0.25, -0.2) is 0 Å². The van der Waals surface area contributed by atoms with Crippen molar-refractivity contribution in [3.63, 3.8) is 0 Å². The quantitative estimate of drug-likeness (QED) is 0.687. The fourth-order valence-corrected chi connectivity index (χ4v) is 1.39. The van der Waals surface area contributed by atoms with Crippen molar-refractivity contribution in [3.05, 3.63) is 0 Å². The van der Waals surface area contributed by atoms with Crippen LogP contribution in [0.1, 0.15) is 47.5 Å². The molecule has 0 aromatic heterocycles. The summed E-state index contributed by atoms with van der Waals surface area (Å²) in [5.74, 6) is 0. The first kappa shape index (κ1) is 17.3. The summed E-state index contributed by atoms with van der Waals surface area (Å²) in [4.78, 5) is 2.11. The van der Waals surface area contributed by atoms with Gasteiger partial charge in [0.15, 0.2) is 0 Å². The molecule has 0 bridgehead atoms. The molecular weight excluding hydrogens is 190 g/mol. The molecule has 0 amide bonds. The van der Waals surface area contributed by atoms with Gasteiger partial charge in [-0.05, 0) is 26.8 Å². The van der Waals surface area contributed by atoms with Crippen LogP contribution in [0.15, 0.2) is 0 Å². The highest BCUT2D eigenvalue weighted by atomic mass is 16.3. The molecular formula is C12H29NO2. The molecule has 94 valence electrons. The summed E-state index contributed by atoms with van der Waals surface area (Å²) >= 11 is 0. The Hall–Kier alpha value is -0.120. The third-order valence-corrected chi connectivity index (χ3v) is 1.87. The average molecular weight is 219 g/mol. The van der Waals surface area contributed by atoms with Gasteiger partial charge in [-0.2, -0.15) is 0 Å². The highest BCUT2D eigenvalue weighted by molar-refractivity contribution is 4.64. The Morgan fingerprint density at radius 3 is 1.67 bits per heavy atom. The average Bonchev–Trinajstić information content (AvgIpc) is 2.15. The summed E-state index contributed by atoms with van der Waals surface area (Å²) in [5.41, 5.74) is 0. The van der Waals surface area contributed by atoms with Gasteiger partial charge in [0, 0.05) is 13.1 Å². The summed E-state index contributed by atoms with van der Waals surface area (Å²) in [5, 5.41) is 18.4. The van der Waals surface area contributed by atoms with Crippen LogP contribution in [0.3, 0.4) is 0 Å². The predicted octanol–water partition coefficient (Wildman–Crippen LogP) is 1.88. The van der Waals surface area contributed by atoms with Gasteiger partial charge in [-0.15, -0.1) is 0 Å². The maximum atomic E-state index is 9.21. The van der Waals surface area contributed by atoms with Gasteiger partial charge in [-0.3, -0.25) is 4.90 Å². The number of hydrogen-bond acceptors (Lipinski definition) is 3. The Morgan fingerprint density at radius 2 is 1.40 bits per heavy atom. The van der Waals surface area contributed by atoms with Crippen LogP contribution in [0.4, 0.5) is 0 Å². The lowest BCUT2D eigenvalue weighted by molar-refractivity contribution is 0.0828. The molecule has 2 N–H and O–H groups in total. The van der Waals surface area contributed by atoms with Crippen LogP contribution in [-0.4, -0.2) is 47.0 Å². The molecule has 0 radical (unpaired) electrons. The van der Waals surface area contributed by atoms with Crippen LogP contribution in [0.2, 0.25) is 0 Å². The number of nitrogens with zero attached hydrogens (tertiary/aromatic N) is 1. The van der Waals surface area contributed by atoms with Crippen molar-refractivity contribution in [2.75, 3.05) is 19.6 Å². The summed E-state index contributed by atoms with van der Waals surface area (Å²) in [6, 6.07) is 0. The number of rotatable bonds is 7. The molecule has 0 aromatic carbocycles. The van der Waals surface area contributed by atoms with E-state index in [-0.39, 0.29) is 12.2 Å². The van der Waals surface area contributed by atoms with Crippen LogP contribution >= 0.6 is 0 Å². The fraction of sp³-hybridized carbons (Fsp3) is 1.00. The van der Waals surface area contributed by atoms with E-state index in [1.165, 1.54) is 0 Å². The van der Waals surface area contributed by atoms with Gasteiger partial charge in [0.05, 0.1) is 12.2 Å². The van der Waals surface area contributed by atoms with Gasteiger partial charge < -0.3 is 10.2 Å². The largest absolute Gasteiger partial charge is 0.392 e. The monoisotopic (exact) mass is 219 g/mol. The highest BCUT2D eigenvalue weighted by Gasteiger charge is 2.09. The fourth-order valence-electron chi connectivity index (χ4n) is 1.39. The molecule has 0 aliphatic rings. The lowest BCUT2D eigenvalue weighted by Crippen LogP contribution is -2.36. The third-order valence-electron chi connectivity index (χ3n) is 1.87. The second kappa shape index (κ2) is 12.0. The first-order chi connectivity index (χ1) is 7.06. The van der Waals surface area contributed by atoms with E-state index in [0.717, 1.165) is 19.4 Å². The van der Waals surface area contributed by atoms with Crippen LogP contribution in [0.25, 0.3) is 0 Å². The first-order valence-corrected chi connectivity index (χ1v) is 6.14. The smallest absolute Gasteiger partial charge is 0.0639 e. The van der Waals surface area contributed by atoms with Crippen molar-refractivity contribution in [1.29, 1.82) is 0 Å². The molecule has 3 heteroatoms. The second-order valence-corrected chi connectivity index (χ2v) is 3.81. The molecule has 0 aliphatic heterocycles. The minimum Gasteiger partial charge on any atom is -0.392 e. The number of aliphatic hydroxyl groups is 2. The normalized spacial score (nSPS) is 14.4. The minimum absolute atomic E-state index is 0.310. The van der Waals surface area contributed by atoms with Crippen molar-refractivity contribution in [1.82, 2.24) is 4.90 Å². The van der Waals surface area contributed by atoms with Crippen molar-refractivity contribution in [2.45, 2.75) is 59.7 Å². The van der Waals surface area contributed by atoms with Crippen LogP contribution in [0.5, 0.6) is 0 Å². The lowest BCUT2D eigenvalue weighted by Gasteiger charge is -2.24. The van der Waals surface area contributed by atoms with E-state index in [1.54, 1.807) is 13.8 Å². The van der Waals surface area contributed by atoms with E-state index in [0.29, 0.717) is 13.1 Å². The van der Waals surface area contributed by atoms with Gasteiger partial charge in [0.2, 0.25) is 0 Å². The summed E-state index contributed by atoms with van der Waals surface area (Å²) in [6.07, 6.45) is 1.65. The van der Waals surface area contributed by atoms with Gasteiger partial charge in [0.25, 0.3) is 0 Å². The standard InChI is InChI=1S/C10H23NO2.C2H6/c1-4-5-6-11(7-9(2)12)8-10(3)13;1-2/h9-10,12-13H,4-8H2,1-3H3;1-2H3. The van der Waals surface area contributed by atoms with E-state index < -0.39 is 0 Å². The zero-order valence-corrected chi connectivity index (χ0v) is 11.0. The van der Waals surface area contributed by atoms with Gasteiger partial charge in [-0.1, -0.05) is 27.2 Å². The maximum absolute atomic E-state index is 9.21. The zero-order valence-electron chi connectivity index (χ0n) is 11.0. The van der Waals surface area contributed by atoms with Crippen LogP contribution in [-0.2, 0) is 0 Å². The zero-order chi connectivity index (χ0) is 12.3. The Bertz CT molecular complexity index is 106. The molecule has 0 heterocycles. The van der Waals surface area contributed by atoms with E-state index >= 15 is 0 Å². The van der Waals surface area contributed by atoms with Crippen molar-refractivity contribution in [2.24, 2.45) is 0 Å². The Morgan fingerprint density at radius 1 is 1.00 bits per heavy atom. The van der Waals surface area contributed by atoms with Crippen LogP contribution in [0, 0.1) is 0 Å². The Balaban J connectivity index is 0. The molecule has 2 unspecified atom stereocenters. The SMILES string of the molecule is CC.CCCCN(CC(C)O)CC(C)O. The third kappa shape index (κ3) is 13.9. The Kier molecular flexibility index (Phi) is 13.8. The molecule has 3 nitrogen and oxygen atoms in total. The van der Waals surface area contributed by atoms with Crippen molar-refractivity contribution >= 4 is 0 Å². The lowest BCUT2D eigenvalue weighted by atomic mass is 10.2. The first-order valence-electron chi connectivity index (χ1n) is 6.14. The predicted molar refractivity (Wildman–Crippen MR) is 66.1 cm³/mol. The molecule has 0 saturated carbocycles. The van der Waals surface area contributed by atoms with E-state index in [9.17, 15) is 10.2 Å². The molecule has 2 atom stereocenters. The summed E-state index contributed by atoms with van der Waals surface area (Å²) in [7, 11) is 0. The minimum atomic E-state index is -0.310. The van der Waals surface area contributed by atoms with E-state index in [4.69, 9.17) is 0 Å². The van der Waals surface area contributed by atoms with Gasteiger partial charge in [0.1, 0.15) is 0 Å². The topological polar surface area (TPSA) is 43.7 Å². The van der Waals surface area contributed by atoms with E-state index in [1.807, 2.05) is 13.8 Å². The molecule has 0 rings (SSSR count). The molecule has 0 aliphatic carbocycles. The summed E-state index contributed by atoms with van der Waals surface area (Å²) < 4.78 is 0. The molecule has 0 spiro atoms. The molecule has 0 fully saturated rings. The second-order valence-electron chi connectivity index (χ2n) is 3.81. The molecule has 0 saturated heterocycles. The summed E-state index contributed by atoms with van der Waals surface area (Å²) in [6.45, 7) is 12.0. The Labute approximate surface area is 95.1 Å². The molecule has 0 aromatic rings. The number of aliphatic hydroxyl groups excluding tert-OH is 2.